The zero-order valence-electron chi connectivity index (χ0n) is 15.8. The van der Waals surface area contributed by atoms with Crippen molar-refractivity contribution in [2.75, 3.05) is 12.9 Å². The minimum Gasteiger partial charge on any atom is -0.496 e. The number of para-hydroxylation sites is 1. The Morgan fingerprint density at radius 2 is 1.93 bits per heavy atom. The maximum atomic E-state index is 14.0. The lowest BCUT2D eigenvalue weighted by atomic mass is 10.1. The summed E-state index contributed by atoms with van der Waals surface area (Å²) in [5.41, 5.74) is 1.28. The van der Waals surface area contributed by atoms with E-state index in [4.69, 9.17) is 4.74 Å². The van der Waals surface area contributed by atoms with E-state index in [2.05, 4.69) is 15.5 Å². The molecule has 0 fully saturated rings. The Kier molecular flexibility index (Phi) is 6.30. The molecule has 28 heavy (non-hydrogen) atoms. The van der Waals surface area contributed by atoms with Gasteiger partial charge in [0.15, 0.2) is 11.0 Å². The highest BCUT2D eigenvalue weighted by Crippen LogP contribution is 2.26. The van der Waals surface area contributed by atoms with Crippen LogP contribution in [0.15, 0.2) is 53.7 Å². The molecule has 0 saturated heterocycles. The van der Waals surface area contributed by atoms with Gasteiger partial charge in [-0.05, 0) is 25.1 Å². The Morgan fingerprint density at radius 3 is 2.68 bits per heavy atom. The molecule has 1 aromatic heterocycles. The summed E-state index contributed by atoms with van der Waals surface area (Å²) in [6.07, 6.45) is 0. The Labute approximate surface area is 167 Å². The number of amides is 1. The van der Waals surface area contributed by atoms with Gasteiger partial charge in [0, 0.05) is 12.6 Å². The molecular weight excluding hydrogens is 379 g/mol. The number of nitrogens with one attached hydrogen (secondary N) is 1. The van der Waals surface area contributed by atoms with E-state index < -0.39 is 0 Å². The molecule has 0 unspecified atom stereocenters. The fourth-order valence-electron chi connectivity index (χ4n) is 2.83. The molecule has 0 aliphatic carbocycles. The first-order valence-corrected chi connectivity index (χ1v) is 9.69. The van der Waals surface area contributed by atoms with Crippen molar-refractivity contribution in [3.63, 3.8) is 0 Å². The zero-order chi connectivity index (χ0) is 20.1. The predicted octanol–water partition coefficient (Wildman–Crippen LogP) is 3.60. The minimum absolute atomic E-state index is 0.140. The summed E-state index contributed by atoms with van der Waals surface area (Å²) in [6.45, 7) is 1.90. The van der Waals surface area contributed by atoms with Gasteiger partial charge in [0.25, 0.3) is 0 Å². The van der Waals surface area contributed by atoms with E-state index in [0.29, 0.717) is 16.5 Å². The first-order valence-electron chi connectivity index (χ1n) is 8.70. The van der Waals surface area contributed by atoms with Crippen LogP contribution in [0.2, 0.25) is 0 Å². The lowest BCUT2D eigenvalue weighted by Gasteiger charge is -2.17. The molecule has 146 valence electrons. The van der Waals surface area contributed by atoms with Crippen molar-refractivity contribution in [3.8, 4) is 17.1 Å². The van der Waals surface area contributed by atoms with Gasteiger partial charge >= 0.3 is 0 Å². The van der Waals surface area contributed by atoms with Crippen LogP contribution < -0.4 is 10.1 Å². The summed E-state index contributed by atoms with van der Waals surface area (Å²) >= 11 is 1.25. The van der Waals surface area contributed by atoms with E-state index in [9.17, 15) is 9.18 Å². The van der Waals surface area contributed by atoms with Crippen LogP contribution in [0.25, 0.3) is 11.4 Å². The van der Waals surface area contributed by atoms with Crippen molar-refractivity contribution in [1.82, 2.24) is 20.1 Å². The van der Waals surface area contributed by atoms with Crippen LogP contribution in [-0.4, -0.2) is 33.5 Å². The first-order chi connectivity index (χ1) is 13.5. The molecule has 0 bridgehead atoms. The number of hydrogen-bond donors (Lipinski definition) is 1. The molecule has 2 aromatic carbocycles. The molecule has 1 atom stereocenters. The Hall–Kier alpha value is -2.87. The third-order valence-corrected chi connectivity index (χ3v) is 5.29. The molecule has 1 N–H and O–H groups in total. The van der Waals surface area contributed by atoms with Crippen LogP contribution in [-0.2, 0) is 11.8 Å². The second-order valence-electron chi connectivity index (χ2n) is 6.16. The molecule has 0 radical (unpaired) electrons. The topological polar surface area (TPSA) is 69.0 Å². The third kappa shape index (κ3) is 4.33. The fourth-order valence-corrected chi connectivity index (χ4v) is 3.56. The van der Waals surface area contributed by atoms with Gasteiger partial charge in [0.05, 0.1) is 24.5 Å². The van der Waals surface area contributed by atoms with Crippen molar-refractivity contribution in [1.29, 1.82) is 0 Å². The Balaban J connectivity index is 1.63. The summed E-state index contributed by atoms with van der Waals surface area (Å²) in [5, 5.41) is 11.6. The van der Waals surface area contributed by atoms with Gasteiger partial charge in [-0.2, -0.15) is 0 Å². The molecule has 8 heteroatoms. The standard InChI is InChI=1S/C20H21FN4O2S/c1-13(14-8-5-7-11-17(14)27-3)22-18(26)12-28-20-24-23-19(25(20)2)15-9-4-6-10-16(15)21/h4-11,13H,12H2,1-3H3,(H,22,26)/t13-/m0/s1. The van der Waals surface area contributed by atoms with E-state index in [1.54, 1.807) is 36.9 Å². The molecule has 0 aliphatic rings. The Morgan fingerprint density at radius 1 is 1.21 bits per heavy atom. The summed E-state index contributed by atoms with van der Waals surface area (Å²) < 4.78 is 21.0. The predicted molar refractivity (Wildman–Crippen MR) is 107 cm³/mol. The quantitative estimate of drug-likeness (QED) is 0.614. The number of benzene rings is 2. The highest BCUT2D eigenvalue weighted by atomic mass is 32.2. The lowest BCUT2D eigenvalue weighted by molar-refractivity contribution is -0.119. The number of carbonyl (C=O) groups is 1. The van der Waals surface area contributed by atoms with Crippen LogP contribution in [0.3, 0.4) is 0 Å². The number of aromatic nitrogens is 3. The van der Waals surface area contributed by atoms with Gasteiger partial charge in [-0.1, -0.05) is 42.1 Å². The van der Waals surface area contributed by atoms with Gasteiger partial charge in [0.2, 0.25) is 5.91 Å². The SMILES string of the molecule is COc1ccccc1[C@H](C)NC(=O)CSc1nnc(-c2ccccc2F)n1C. The average molecular weight is 400 g/mol. The summed E-state index contributed by atoms with van der Waals surface area (Å²) in [5.74, 6) is 0.814. The average Bonchev–Trinajstić information content (AvgIpc) is 3.07. The number of carbonyl (C=O) groups excluding carboxylic acids is 1. The number of nitrogens with zero attached hydrogens (tertiary/aromatic N) is 3. The van der Waals surface area contributed by atoms with Gasteiger partial charge in [-0.3, -0.25) is 4.79 Å². The van der Waals surface area contributed by atoms with Gasteiger partial charge < -0.3 is 14.6 Å². The molecule has 0 aliphatic heterocycles. The van der Waals surface area contributed by atoms with Crippen LogP contribution in [0.1, 0.15) is 18.5 Å². The molecule has 1 amide bonds. The van der Waals surface area contributed by atoms with Crippen LogP contribution in [0.4, 0.5) is 4.39 Å². The molecule has 3 rings (SSSR count). The van der Waals surface area contributed by atoms with Crippen LogP contribution in [0, 0.1) is 5.82 Å². The maximum absolute atomic E-state index is 14.0. The van der Waals surface area contributed by atoms with Gasteiger partial charge in [-0.15, -0.1) is 10.2 Å². The van der Waals surface area contributed by atoms with Crippen molar-refractivity contribution in [2.24, 2.45) is 7.05 Å². The smallest absolute Gasteiger partial charge is 0.230 e. The third-order valence-electron chi connectivity index (χ3n) is 4.26. The first kappa shape index (κ1) is 19.9. The Bertz CT molecular complexity index is 976. The van der Waals surface area contributed by atoms with Crippen LogP contribution >= 0.6 is 11.8 Å². The van der Waals surface area contributed by atoms with E-state index in [-0.39, 0.29) is 23.5 Å². The number of halogens is 1. The minimum atomic E-state index is -0.363. The largest absolute Gasteiger partial charge is 0.496 e. The normalized spacial score (nSPS) is 11.9. The zero-order valence-corrected chi connectivity index (χ0v) is 16.7. The molecule has 3 aromatic rings. The summed E-state index contributed by atoms with van der Waals surface area (Å²) in [7, 11) is 3.35. The monoisotopic (exact) mass is 400 g/mol. The van der Waals surface area contributed by atoms with E-state index in [1.165, 1.54) is 17.8 Å². The van der Waals surface area contributed by atoms with Crippen molar-refractivity contribution in [2.45, 2.75) is 18.1 Å². The van der Waals surface area contributed by atoms with E-state index >= 15 is 0 Å². The molecule has 0 spiro atoms. The number of hydrogen-bond acceptors (Lipinski definition) is 5. The van der Waals surface area contributed by atoms with Crippen molar-refractivity contribution in [3.05, 3.63) is 59.9 Å². The second kappa shape index (κ2) is 8.88. The highest BCUT2D eigenvalue weighted by molar-refractivity contribution is 7.99. The number of ether oxygens (including phenoxy) is 1. The van der Waals surface area contributed by atoms with Crippen LogP contribution in [0.5, 0.6) is 5.75 Å². The molecular formula is C20H21FN4O2S. The summed E-state index contributed by atoms with van der Waals surface area (Å²) in [6, 6.07) is 13.8. The number of methoxy groups -OCH3 is 1. The maximum Gasteiger partial charge on any atom is 0.230 e. The lowest BCUT2D eigenvalue weighted by Crippen LogP contribution is -2.28. The number of rotatable bonds is 7. The van der Waals surface area contributed by atoms with Gasteiger partial charge in [0.1, 0.15) is 11.6 Å². The molecule has 0 saturated carbocycles. The highest BCUT2D eigenvalue weighted by Gasteiger charge is 2.17. The van der Waals surface area contributed by atoms with Crippen molar-refractivity contribution >= 4 is 17.7 Å². The summed E-state index contributed by atoms with van der Waals surface area (Å²) in [4.78, 5) is 12.4. The van der Waals surface area contributed by atoms with E-state index in [0.717, 1.165) is 11.3 Å². The fraction of sp³-hybridized carbons (Fsp3) is 0.250. The molecule has 1 heterocycles. The molecule has 6 nitrogen and oxygen atoms in total. The second-order valence-corrected chi connectivity index (χ2v) is 7.11. The van der Waals surface area contributed by atoms with Gasteiger partial charge in [-0.25, -0.2) is 4.39 Å². The van der Waals surface area contributed by atoms with E-state index in [1.807, 2.05) is 31.2 Å². The number of thioether (sulfide) groups is 1. The van der Waals surface area contributed by atoms with Crippen molar-refractivity contribution < 1.29 is 13.9 Å².